The number of fused-ring (bicyclic) bond motifs is 2. The molecule has 130 valence electrons. The van der Waals surface area contributed by atoms with E-state index in [-0.39, 0.29) is 5.60 Å². The molecule has 3 nitrogen and oxygen atoms in total. The largest absolute Gasteiger partial charge is 0.493 e. The fourth-order valence-corrected chi connectivity index (χ4v) is 4.64. The predicted octanol–water partition coefficient (Wildman–Crippen LogP) is 4.02. The molecule has 1 unspecified atom stereocenters. The molecule has 3 aliphatic heterocycles. The van der Waals surface area contributed by atoms with Crippen LogP contribution in [0.4, 0.5) is 0 Å². The molecule has 0 aliphatic carbocycles. The molecule has 2 aromatic rings. The summed E-state index contributed by atoms with van der Waals surface area (Å²) in [5.74, 6) is 2.70. The fourth-order valence-electron chi connectivity index (χ4n) is 4.64. The van der Waals surface area contributed by atoms with E-state index in [4.69, 9.17) is 9.47 Å². The van der Waals surface area contributed by atoms with Gasteiger partial charge in [-0.15, -0.1) is 0 Å². The Morgan fingerprint density at radius 2 is 1.68 bits per heavy atom. The van der Waals surface area contributed by atoms with Crippen molar-refractivity contribution in [1.82, 2.24) is 4.90 Å². The first kappa shape index (κ1) is 15.3. The van der Waals surface area contributed by atoms with Gasteiger partial charge in [-0.3, -0.25) is 0 Å². The summed E-state index contributed by atoms with van der Waals surface area (Å²) < 4.78 is 12.3. The highest BCUT2D eigenvalue weighted by atomic mass is 16.5. The number of likely N-dealkylation sites (tertiary alicyclic amines) is 1. The van der Waals surface area contributed by atoms with Gasteiger partial charge in [0.15, 0.2) is 0 Å². The van der Waals surface area contributed by atoms with Crippen LogP contribution in [0.1, 0.15) is 36.3 Å². The number of hydrogen-bond acceptors (Lipinski definition) is 3. The molecule has 1 saturated heterocycles. The second-order valence-corrected chi connectivity index (χ2v) is 7.74. The maximum Gasteiger partial charge on any atom is 0.123 e. The lowest BCUT2D eigenvalue weighted by molar-refractivity contribution is -0.0159. The molecular formula is C22H25NO2. The number of hydrogen-bond donors (Lipinski definition) is 0. The minimum Gasteiger partial charge on any atom is -0.493 e. The Labute approximate surface area is 149 Å². The first-order chi connectivity index (χ1) is 12.3. The molecule has 1 fully saturated rings. The van der Waals surface area contributed by atoms with Gasteiger partial charge in [0.25, 0.3) is 0 Å². The zero-order chi connectivity index (χ0) is 16.7. The van der Waals surface area contributed by atoms with Crippen LogP contribution < -0.4 is 9.47 Å². The van der Waals surface area contributed by atoms with E-state index >= 15 is 0 Å². The Hall–Kier alpha value is -2.00. The molecule has 3 heteroatoms. The van der Waals surface area contributed by atoms with Crippen LogP contribution >= 0.6 is 0 Å². The second kappa shape index (κ2) is 6.06. The van der Waals surface area contributed by atoms with E-state index in [0.717, 1.165) is 63.4 Å². The highest BCUT2D eigenvalue weighted by molar-refractivity contribution is 5.40. The highest BCUT2D eigenvalue weighted by Gasteiger charge is 2.40. The van der Waals surface area contributed by atoms with E-state index in [1.165, 1.54) is 11.1 Å². The number of piperidine rings is 1. The molecule has 0 N–H and O–H groups in total. The molecule has 5 rings (SSSR count). The summed E-state index contributed by atoms with van der Waals surface area (Å²) >= 11 is 0. The van der Waals surface area contributed by atoms with Crippen molar-refractivity contribution in [2.45, 2.75) is 37.2 Å². The van der Waals surface area contributed by atoms with E-state index in [0.29, 0.717) is 5.92 Å². The highest BCUT2D eigenvalue weighted by Crippen LogP contribution is 2.40. The molecule has 0 amide bonds. The maximum atomic E-state index is 6.48. The third-order valence-corrected chi connectivity index (χ3v) is 6.19. The van der Waals surface area contributed by atoms with E-state index in [2.05, 4.69) is 53.4 Å². The molecule has 1 atom stereocenters. The number of nitrogens with zero attached hydrogens (tertiary/aromatic N) is 1. The van der Waals surface area contributed by atoms with Crippen molar-refractivity contribution in [2.75, 3.05) is 26.2 Å². The Morgan fingerprint density at radius 1 is 0.920 bits per heavy atom. The Bertz CT molecular complexity index is 764. The van der Waals surface area contributed by atoms with Crippen LogP contribution in [0, 0.1) is 0 Å². The molecule has 0 bridgehead atoms. The molecule has 1 spiro atoms. The van der Waals surface area contributed by atoms with Crippen molar-refractivity contribution in [3.05, 3.63) is 59.7 Å². The van der Waals surface area contributed by atoms with Gasteiger partial charge in [0.2, 0.25) is 0 Å². The summed E-state index contributed by atoms with van der Waals surface area (Å²) in [7, 11) is 0. The lowest BCUT2D eigenvalue weighted by Gasteiger charge is -2.45. The summed E-state index contributed by atoms with van der Waals surface area (Å²) in [6.45, 7) is 4.18. The van der Waals surface area contributed by atoms with E-state index in [1.807, 2.05) is 0 Å². The van der Waals surface area contributed by atoms with Gasteiger partial charge in [-0.25, -0.2) is 0 Å². The van der Waals surface area contributed by atoms with Crippen molar-refractivity contribution >= 4 is 0 Å². The minimum absolute atomic E-state index is 0.0644. The Kier molecular flexibility index (Phi) is 3.70. The molecule has 3 aliphatic rings. The molecular weight excluding hydrogens is 310 g/mol. The average molecular weight is 335 g/mol. The van der Waals surface area contributed by atoms with Crippen molar-refractivity contribution < 1.29 is 9.47 Å². The zero-order valence-corrected chi connectivity index (χ0v) is 14.6. The second-order valence-electron chi connectivity index (χ2n) is 7.74. The van der Waals surface area contributed by atoms with Crippen LogP contribution in [0.3, 0.4) is 0 Å². The summed E-state index contributed by atoms with van der Waals surface area (Å²) in [6.07, 6.45) is 4.58. The van der Waals surface area contributed by atoms with Gasteiger partial charge in [0.1, 0.15) is 17.1 Å². The van der Waals surface area contributed by atoms with Crippen molar-refractivity contribution in [3.63, 3.8) is 0 Å². The van der Waals surface area contributed by atoms with Gasteiger partial charge >= 0.3 is 0 Å². The smallest absolute Gasteiger partial charge is 0.123 e. The third kappa shape index (κ3) is 2.81. The minimum atomic E-state index is 0.0644. The first-order valence-electron chi connectivity index (χ1n) is 9.52. The molecule has 2 aromatic carbocycles. The third-order valence-electron chi connectivity index (χ3n) is 6.19. The zero-order valence-electron chi connectivity index (χ0n) is 14.6. The Morgan fingerprint density at radius 3 is 2.56 bits per heavy atom. The van der Waals surface area contributed by atoms with Gasteiger partial charge in [-0.05, 0) is 43.4 Å². The molecule has 0 radical (unpaired) electrons. The quantitative estimate of drug-likeness (QED) is 0.827. The summed E-state index contributed by atoms with van der Waals surface area (Å²) in [6, 6.07) is 17.0. The topological polar surface area (TPSA) is 21.7 Å². The number of rotatable bonds is 2. The lowest BCUT2D eigenvalue weighted by atomic mass is 9.83. The lowest BCUT2D eigenvalue weighted by Crippen LogP contribution is -2.50. The number of aryl methyl sites for hydroxylation is 1. The van der Waals surface area contributed by atoms with Crippen molar-refractivity contribution in [1.29, 1.82) is 0 Å². The normalized spacial score (nSPS) is 24.2. The van der Waals surface area contributed by atoms with Crippen LogP contribution in [0.25, 0.3) is 0 Å². The fraction of sp³-hybridized carbons (Fsp3) is 0.455. The van der Waals surface area contributed by atoms with Gasteiger partial charge in [0, 0.05) is 31.1 Å². The van der Waals surface area contributed by atoms with Crippen LogP contribution in [0.15, 0.2) is 48.5 Å². The van der Waals surface area contributed by atoms with Gasteiger partial charge in [-0.2, -0.15) is 0 Å². The molecule has 0 aromatic heterocycles. The van der Waals surface area contributed by atoms with E-state index < -0.39 is 0 Å². The van der Waals surface area contributed by atoms with Gasteiger partial charge in [-0.1, -0.05) is 36.4 Å². The molecule has 3 heterocycles. The standard InChI is InChI=1S/C22H25NO2/c1-3-7-20-17(5-1)9-10-22(25-20)11-13-23(14-12-22)15-18-16-24-21-8-4-2-6-19(18)21/h1-8,18H,9-16H2. The van der Waals surface area contributed by atoms with Crippen LogP contribution in [-0.2, 0) is 6.42 Å². The monoisotopic (exact) mass is 335 g/mol. The molecule has 25 heavy (non-hydrogen) atoms. The van der Waals surface area contributed by atoms with Gasteiger partial charge < -0.3 is 14.4 Å². The molecule has 0 saturated carbocycles. The number of benzene rings is 2. The predicted molar refractivity (Wildman–Crippen MR) is 98.5 cm³/mol. The van der Waals surface area contributed by atoms with E-state index in [1.54, 1.807) is 0 Å². The van der Waals surface area contributed by atoms with E-state index in [9.17, 15) is 0 Å². The maximum absolute atomic E-state index is 6.48. The van der Waals surface area contributed by atoms with Crippen LogP contribution in [-0.4, -0.2) is 36.7 Å². The summed E-state index contributed by atoms with van der Waals surface area (Å²) in [5, 5.41) is 0. The van der Waals surface area contributed by atoms with Gasteiger partial charge in [0.05, 0.1) is 6.61 Å². The first-order valence-corrected chi connectivity index (χ1v) is 9.52. The van der Waals surface area contributed by atoms with Crippen molar-refractivity contribution in [2.24, 2.45) is 0 Å². The SMILES string of the molecule is c1ccc2c(c1)CCC1(CCN(CC3COc4ccccc43)CC1)O2. The summed E-state index contributed by atoms with van der Waals surface area (Å²) in [5.41, 5.74) is 2.82. The number of para-hydroxylation sites is 2. The van der Waals surface area contributed by atoms with Crippen LogP contribution in [0.2, 0.25) is 0 Å². The summed E-state index contributed by atoms with van der Waals surface area (Å²) in [4.78, 5) is 2.60. The average Bonchev–Trinajstić information content (AvgIpc) is 3.07. The number of ether oxygens (including phenoxy) is 2. The van der Waals surface area contributed by atoms with Crippen LogP contribution in [0.5, 0.6) is 11.5 Å². The van der Waals surface area contributed by atoms with Crippen molar-refractivity contribution in [3.8, 4) is 11.5 Å². The Balaban J connectivity index is 1.23.